The van der Waals surface area contributed by atoms with Crippen LogP contribution in [0.25, 0.3) is 0 Å². The Kier molecular flexibility index (Phi) is 3.89. The Morgan fingerprint density at radius 2 is 2.23 bits per heavy atom. The topological polar surface area (TPSA) is 66.4 Å². The van der Waals surface area contributed by atoms with E-state index in [0.717, 1.165) is 11.3 Å². The highest BCUT2D eigenvalue weighted by atomic mass is 35.5. The highest BCUT2D eigenvalue weighted by Crippen LogP contribution is 2.42. The molecule has 2 aliphatic rings. The lowest BCUT2D eigenvalue weighted by Crippen LogP contribution is -2.44. The van der Waals surface area contributed by atoms with Gasteiger partial charge in [0.05, 0.1) is 4.34 Å². The summed E-state index contributed by atoms with van der Waals surface area (Å²) >= 11 is 12.7. The van der Waals surface area contributed by atoms with Crippen LogP contribution in [-0.4, -0.2) is 22.4 Å². The molecule has 1 fully saturated rings. The van der Waals surface area contributed by atoms with Gasteiger partial charge in [-0.2, -0.15) is 0 Å². The van der Waals surface area contributed by atoms with Crippen molar-refractivity contribution in [2.24, 2.45) is 5.92 Å². The highest BCUT2D eigenvalue weighted by Gasteiger charge is 2.53. The van der Waals surface area contributed by atoms with Crippen molar-refractivity contribution in [3.8, 4) is 0 Å². The van der Waals surface area contributed by atoms with E-state index in [1.165, 1.54) is 18.2 Å². The first kappa shape index (κ1) is 15.7. The molecule has 1 aliphatic carbocycles. The zero-order chi connectivity index (χ0) is 16.1. The molecule has 3 rings (SSSR count). The molecule has 116 valence electrons. The number of amides is 1. The van der Waals surface area contributed by atoms with E-state index in [1.807, 2.05) is 0 Å². The van der Waals surface area contributed by atoms with Crippen molar-refractivity contribution in [2.75, 3.05) is 0 Å². The second kappa shape index (κ2) is 5.45. The van der Waals surface area contributed by atoms with Crippen molar-refractivity contribution in [3.63, 3.8) is 0 Å². The number of rotatable bonds is 3. The number of fused-ring (bicyclic) bond motifs is 1. The highest BCUT2D eigenvalue weighted by molar-refractivity contribution is 7.20. The van der Waals surface area contributed by atoms with E-state index < -0.39 is 35.5 Å². The van der Waals surface area contributed by atoms with Gasteiger partial charge in [-0.25, -0.2) is 4.39 Å². The minimum atomic E-state index is -1.99. The maximum absolute atomic E-state index is 13.5. The summed E-state index contributed by atoms with van der Waals surface area (Å²) in [6, 6.07) is 1.39. The second-order valence-corrected chi connectivity index (χ2v) is 7.49. The maximum Gasteiger partial charge on any atom is 0.257 e. The molecular weight excluding hydrogens is 352 g/mol. The number of hydrogen-bond acceptors (Lipinski definition) is 4. The lowest BCUT2D eigenvalue weighted by atomic mass is 9.79. The minimum Gasteiger partial charge on any atom is -0.379 e. The first-order valence-electron chi connectivity index (χ1n) is 6.39. The first-order valence-corrected chi connectivity index (χ1v) is 7.96. The van der Waals surface area contributed by atoms with Gasteiger partial charge >= 0.3 is 0 Å². The molecule has 1 aromatic rings. The van der Waals surface area contributed by atoms with E-state index >= 15 is 0 Å². The third-order valence-corrected chi connectivity index (χ3v) is 5.32. The van der Waals surface area contributed by atoms with Crippen LogP contribution in [0.2, 0.25) is 8.67 Å². The smallest absolute Gasteiger partial charge is 0.257 e. The van der Waals surface area contributed by atoms with Gasteiger partial charge in [-0.1, -0.05) is 23.2 Å². The zero-order valence-electron chi connectivity index (χ0n) is 11.0. The fraction of sp³-hybridized carbons (Fsp3) is 0.286. The summed E-state index contributed by atoms with van der Waals surface area (Å²) in [5.74, 6) is -2.48. The van der Waals surface area contributed by atoms with Crippen LogP contribution < -0.4 is 5.32 Å². The molecule has 2 unspecified atom stereocenters. The number of allylic oxidation sites excluding steroid dienone is 3. The van der Waals surface area contributed by atoms with Gasteiger partial charge in [0.15, 0.2) is 11.4 Å². The van der Waals surface area contributed by atoms with Crippen molar-refractivity contribution in [3.05, 3.63) is 44.0 Å². The number of carbonyl (C=O) groups is 2. The fourth-order valence-electron chi connectivity index (χ4n) is 2.70. The van der Waals surface area contributed by atoms with Gasteiger partial charge < -0.3 is 10.4 Å². The lowest BCUT2D eigenvalue weighted by molar-refractivity contribution is -0.137. The van der Waals surface area contributed by atoms with Crippen molar-refractivity contribution in [2.45, 2.75) is 18.4 Å². The van der Waals surface area contributed by atoms with Crippen LogP contribution in [0.1, 0.15) is 23.2 Å². The quantitative estimate of drug-likeness (QED) is 0.812. The summed E-state index contributed by atoms with van der Waals surface area (Å²) in [6.07, 6.45) is 2.01. The van der Waals surface area contributed by atoms with E-state index in [-0.39, 0.29) is 16.3 Å². The molecule has 22 heavy (non-hydrogen) atoms. The average Bonchev–Trinajstić information content (AvgIpc) is 2.89. The lowest BCUT2D eigenvalue weighted by Gasteiger charge is -2.27. The number of halogens is 3. The maximum atomic E-state index is 13.5. The van der Waals surface area contributed by atoms with Crippen LogP contribution in [0.15, 0.2) is 29.7 Å². The molecule has 2 heterocycles. The number of hydrogen-bond donors (Lipinski definition) is 2. The third-order valence-electron chi connectivity index (χ3n) is 3.83. The largest absolute Gasteiger partial charge is 0.379 e. The van der Waals surface area contributed by atoms with E-state index in [1.54, 1.807) is 0 Å². The normalized spacial score (nSPS) is 27.1. The molecule has 0 radical (unpaired) electrons. The molecule has 8 heteroatoms. The summed E-state index contributed by atoms with van der Waals surface area (Å²) in [5.41, 5.74) is -1.43. The van der Waals surface area contributed by atoms with Gasteiger partial charge in [0.1, 0.15) is 10.2 Å². The van der Waals surface area contributed by atoms with Gasteiger partial charge in [-0.05, 0) is 18.2 Å². The number of nitrogens with one attached hydrogen (secondary N) is 1. The Balaban J connectivity index is 1.89. The van der Waals surface area contributed by atoms with Gasteiger partial charge in [0.2, 0.25) is 0 Å². The number of Topliss-reactive ketones (excluding diaryl/α,β-unsaturated/α-hetero) is 1. The Hall–Kier alpha value is -1.21. The second-order valence-electron chi connectivity index (χ2n) is 5.21. The molecule has 2 N–H and O–H groups in total. The summed E-state index contributed by atoms with van der Waals surface area (Å²) in [5, 5.41) is 13.2. The van der Waals surface area contributed by atoms with Gasteiger partial charge in [0, 0.05) is 30.0 Å². The molecule has 1 aliphatic heterocycles. The molecule has 4 nitrogen and oxygen atoms in total. The van der Waals surface area contributed by atoms with Crippen LogP contribution in [0.5, 0.6) is 0 Å². The van der Waals surface area contributed by atoms with Crippen molar-refractivity contribution < 1.29 is 19.1 Å². The van der Waals surface area contributed by atoms with Crippen LogP contribution in [-0.2, 0) is 4.79 Å². The first-order chi connectivity index (χ1) is 10.3. The van der Waals surface area contributed by atoms with Gasteiger partial charge in [-0.15, -0.1) is 11.3 Å². The van der Waals surface area contributed by atoms with Crippen LogP contribution in [0, 0.1) is 5.92 Å². The third kappa shape index (κ3) is 2.50. The molecule has 0 spiro atoms. The Labute approximate surface area is 139 Å². The summed E-state index contributed by atoms with van der Waals surface area (Å²) in [7, 11) is 0. The Morgan fingerprint density at radius 3 is 2.86 bits per heavy atom. The minimum absolute atomic E-state index is 0.132. The predicted octanol–water partition coefficient (Wildman–Crippen LogP) is 3.25. The standard InChI is InChI=1S/C14H10Cl2FNO3S/c15-11-4-7(12(16)22-11)10(19)5-14(21)8-3-6(17)1-2-9(8)18-13(14)20/h1-2,4,8,21H,3,5H2,(H,18,20). The van der Waals surface area contributed by atoms with Crippen molar-refractivity contribution >= 4 is 46.2 Å². The van der Waals surface area contributed by atoms with E-state index in [9.17, 15) is 19.1 Å². The van der Waals surface area contributed by atoms with Crippen LogP contribution >= 0.6 is 34.5 Å². The van der Waals surface area contributed by atoms with Crippen LogP contribution in [0.4, 0.5) is 4.39 Å². The summed E-state index contributed by atoms with van der Waals surface area (Å²) < 4.78 is 14.0. The predicted molar refractivity (Wildman–Crippen MR) is 81.8 cm³/mol. The van der Waals surface area contributed by atoms with Gasteiger partial charge in [0.25, 0.3) is 5.91 Å². The Morgan fingerprint density at radius 1 is 1.50 bits per heavy atom. The number of ketones is 1. The average molecular weight is 362 g/mol. The number of carbonyl (C=O) groups excluding carboxylic acids is 2. The van der Waals surface area contributed by atoms with E-state index in [4.69, 9.17) is 23.2 Å². The molecule has 1 amide bonds. The fourth-order valence-corrected chi connectivity index (χ4v) is 4.19. The van der Waals surface area contributed by atoms with Crippen molar-refractivity contribution in [1.82, 2.24) is 5.32 Å². The van der Waals surface area contributed by atoms with Gasteiger partial charge in [-0.3, -0.25) is 9.59 Å². The number of thiophene rings is 1. The molecule has 1 saturated heterocycles. The monoisotopic (exact) mass is 361 g/mol. The zero-order valence-corrected chi connectivity index (χ0v) is 13.4. The Bertz CT molecular complexity index is 742. The molecule has 0 saturated carbocycles. The summed E-state index contributed by atoms with van der Waals surface area (Å²) in [4.78, 5) is 24.4. The molecular formula is C14H10Cl2FNO3S. The molecule has 0 bridgehead atoms. The molecule has 0 aromatic carbocycles. The van der Waals surface area contributed by atoms with Crippen LogP contribution in [0.3, 0.4) is 0 Å². The number of aliphatic hydroxyl groups is 1. The molecule has 1 aromatic heterocycles. The summed E-state index contributed by atoms with van der Waals surface area (Å²) in [6.45, 7) is 0. The van der Waals surface area contributed by atoms with E-state index in [0.29, 0.717) is 10.0 Å². The van der Waals surface area contributed by atoms with Crippen molar-refractivity contribution in [1.29, 1.82) is 0 Å². The SMILES string of the molecule is O=C(CC1(O)C(=O)NC2=CC=C(F)CC21)c1cc(Cl)sc1Cl. The molecule has 2 atom stereocenters. The van der Waals surface area contributed by atoms with E-state index in [2.05, 4.69) is 5.32 Å².